The molecule has 0 aliphatic heterocycles. The number of aromatic nitrogens is 3. The van der Waals surface area contributed by atoms with Gasteiger partial charge in [0.05, 0.1) is 5.41 Å². The van der Waals surface area contributed by atoms with Crippen LogP contribution in [0.4, 0.5) is 0 Å². The molecule has 3 nitrogen and oxygen atoms in total. The van der Waals surface area contributed by atoms with Crippen molar-refractivity contribution in [1.82, 2.24) is 15.0 Å². The van der Waals surface area contributed by atoms with Crippen LogP contribution in [0, 0.1) is 0 Å². The third-order valence-electron chi connectivity index (χ3n) is 13.0. The smallest absolute Gasteiger partial charge is 0.164 e. The minimum absolute atomic E-state index is 0.384. The zero-order valence-corrected chi connectivity index (χ0v) is 34.3. The van der Waals surface area contributed by atoms with E-state index in [0.29, 0.717) is 17.5 Å². The van der Waals surface area contributed by atoms with Crippen LogP contribution in [-0.4, -0.2) is 15.0 Å². The Morgan fingerprint density at radius 3 is 1.45 bits per heavy atom. The van der Waals surface area contributed by atoms with E-state index in [0.717, 1.165) is 27.8 Å². The summed E-state index contributed by atoms with van der Waals surface area (Å²) in [5.41, 5.74) is 17.5. The van der Waals surface area contributed by atoms with Crippen LogP contribution < -0.4 is 0 Å². The van der Waals surface area contributed by atoms with Crippen LogP contribution in [0.5, 0.6) is 0 Å². The SMILES string of the molecule is c1ccc(-c2nc(-c3ccc(-c4cccc5c4sc4ccccc45)cc3)nc(-c3ccccc3-c3ccc4c(c3)-c3ccccc3C43c4ccccc4-c4ccccc43)n2)cc1. The van der Waals surface area contributed by atoms with Gasteiger partial charge in [0.15, 0.2) is 17.5 Å². The van der Waals surface area contributed by atoms with E-state index in [1.165, 1.54) is 75.8 Å². The zero-order chi connectivity index (χ0) is 40.8. The lowest BCUT2D eigenvalue weighted by Gasteiger charge is -2.30. The molecule has 0 radical (unpaired) electrons. The molecule has 0 fully saturated rings. The second kappa shape index (κ2) is 13.6. The van der Waals surface area contributed by atoms with Crippen LogP contribution in [0.2, 0.25) is 0 Å². The fraction of sp³-hybridized carbons (Fsp3) is 0.0172. The van der Waals surface area contributed by atoms with Gasteiger partial charge in [0.25, 0.3) is 0 Å². The van der Waals surface area contributed by atoms with Crippen molar-refractivity contribution in [3.8, 4) is 78.7 Å². The Morgan fingerprint density at radius 1 is 0.290 bits per heavy atom. The summed E-state index contributed by atoms with van der Waals surface area (Å²) < 4.78 is 2.60. The van der Waals surface area contributed by atoms with E-state index >= 15 is 0 Å². The number of benzene rings is 9. The van der Waals surface area contributed by atoms with Gasteiger partial charge in [-0.25, -0.2) is 15.0 Å². The first-order valence-electron chi connectivity index (χ1n) is 21.1. The summed E-state index contributed by atoms with van der Waals surface area (Å²) in [5.74, 6) is 1.92. The van der Waals surface area contributed by atoms with E-state index in [2.05, 4.69) is 194 Å². The van der Waals surface area contributed by atoms with Gasteiger partial charge in [-0.1, -0.05) is 200 Å². The predicted molar refractivity (Wildman–Crippen MR) is 256 cm³/mol. The molecule has 0 saturated carbocycles. The van der Waals surface area contributed by atoms with Crippen molar-refractivity contribution in [2.24, 2.45) is 0 Å². The highest BCUT2D eigenvalue weighted by Crippen LogP contribution is 2.63. The van der Waals surface area contributed by atoms with Gasteiger partial charge in [0, 0.05) is 36.9 Å². The number of hydrogen-bond donors (Lipinski definition) is 0. The lowest BCUT2D eigenvalue weighted by Crippen LogP contribution is -2.25. The molecule has 0 N–H and O–H groups in total. The molecule has 288 valence electrons. The van der Waals surface area contributed by atoms with Gasteiger partial charge in [-0.15, -0.1) is 11.3 Å². The maximum atomic E-state index is 5.26. The summed E-state index contributed by atoms with van der Waals surface area (Å²) in [5, 5.41) is 2.60. The second-order valence-corrected chi connectivity index (χ2v) is 17.3. The first kappa shape index (κ1) is 35.0. The van der Waals surface area contributed by atoms with Crippen LogP contribution >= 0.6 is 11.3 Å². The number of fused-ring (bicyclic) bond motifs is 13. The second-order valence-electron chi connectivity index (χ2n) is 16.2. The molecule has 11 aromatic rings. The highest BCUT2D eigenvalue weighted by atomic mass is 32.1. The lowest BCUT2D eigenvalue weighted by molar-refractivity contribution is 0.794. The Bertz CT molecular complexity index is 3540. The van der Waals surface area contributed by atoms with Crippen molar-refractivity contribution in [2.75, 3.05) is 0 Å². The van der Waals surface area contributed by atoms with Gasteiger partial charge in [-0.05, 0) is 78.9 Å². The normalized spacial score (nSPS) is 13.0. The quantitative estimate of drug-likeness (QED) is 0.174. The Balaban J connectivity index is 0.948. The van der Waals surface area contributed by atoms with E-state index in [1.54, 1.807) is 0 Å². The van der Waals surface area contributed by atoms with E-state index in [1.807, 2.05) is 29.5 Å². The molecule has 2 aliphatic rings. The average Bonchev–Trinajstić information content (AvgIpc) is 3.98. The molecule has 2 aliphatic carbocycles. The van der Waals surface area contributed by atoms with Gasteiger partial charge in [-0.2, -0.15) is 0 Å². The van der Waals surface area contributed by atoms with E-state index in [-0.39, 0.29) is 5.41 Å². The lowest BCUT2D eigenvalue weighted by atomic mass is 9.70. The molecule has 62 heavy (non-hydrogen) atoms. The average molecular weight is 806 g/mol. The van der Waals surface area contributed by atoms with Crippen LogP contribution in [0.25, 0.3) is 98.8 Å². The monoisotopic (exact) mass is 805 g/mol. The number of nitrogens with zero attached hydrogens (tertiary/aromatic N) is 3. The molecule has 1 spiro atoms. The third kappa shape index (κ3) is 5.08. The first-order valence-corrected chi connectivity index (χ1v) is 21.9. The fourth-order valence-corrected chi connectivity index (χ4v) is 11.6. The first-order chi connectivity index (χ1) is 30.7. The van der Waals surface area contributed by atoms with E-state index in [9.17, 15) is 0 Å². The largest absolute Gasteiger partial charge is 0.208 e. The molecule has 4 heteroatoms. The molecule has 0 bridgehead atoms. The maximum absolute atomic E-state index is 5.26. The standard InChI is InChI=1S/C58H35N3S/c1-2-15-37(16-3-1)55-59-56(38-31-29-36(30-32-38)41-23-14-24-46-45-21-9-13-28-53(45)62-54(41)46)61-57(60-55)47-22-5-4-17-40(47)39-33-34-52-48(35-39)44-20-8-12-27-51(44)58(52)49-25-10-6-18-42(49)43-19-7-11-26-50(43)58/h1-35H. The summed E-state index contributed by atoms with van der Waals surface area (Å²) in [6, 6.07) is 76.7. The van der Waals surface area contributed by atoms with Crippen molar-refractivity contribution in [1.29, 1.82) is 0 Å². The van der Waals surface area contributed by atoms with Crippen LogP contribution in [0.1, 0.15) is 22.3 Å². The molecule has 0 unspecified atom stereocenters. The van der Waals surface area contributed by atoms with E-state index in [4.69, 9.17) is 15.0 Å². The summed E-state index contributed by atoms with van der Waals surface area (Å²) >= 11 is 1.85. The third-order valence-corrected chi connectivity index (χ3v) is 14.2. The minimum atomic E-state index is -0.384. The fourth-order valence-electron chi connectivity index (χ4n) is 10.3. The van der Waals surface area contributed by atoms with Crippen LogP contribution in [0.3, 0.4) is 0 Å². The number of rotatable bonds is 5. The Morgan fingerprint density at radius 2 is 0.758 bits per heavy atom. The minimum Gasteiger partial charge on any atom is -0.208 e. The Hall–Kier alpha value is -7.79. The molecule has 0 atom stereocenters. The number of hydrogen-bond acceptors (Lipinski definition) is 4. The zero-order valence-electron chi connectivity index (χ0n) is 33.5. The summed E-state index contributed by atoms with van der Waals surface area (Å²) in [7, 11) is 0. The maximum Gasteiger partial charge on any atom is 0.164 e. The van der Waals surface area contributed by atoms with Gasteiger partial charge < -0.3 is 0 Å². The Labute approximate surface area is 363 Å². The van der Waals surface area contributed by atoms with Gasteiger partial charge in [-0.3, -0.25) is 0 Å². The van der Waals surface area contributed by atoms with Crippen LogP contribution in [0.15, 0.2) is 212 Å². The topological polar surface area (TPSA) is 38.7 Å². The highest BCUT2D eigenvalue weighted by Gasteiger charge is 2.51. The van der Waals surface area contributed by atoms with Gasteiger partial charge >= 0.3 is 0 Å². The van der Waals surface area contributed by atoms with E-state index < -0.39 is 0 Å². The molecule has 13 rings (SSSR count). The number of thiophene rings is 1. The molecule has 2 heterocycles. The molecule has 2 aromatic heterocycles. The van der Waals surface area contributed by atoms with Crippen molar-refractivity contribution >= 4 is 31.5 Å². The van der Waals surface area contributed by atoms with Gasteiger partial charge in [0.2, 0.25) is 0 Å². The Kier molecular flexibility index (Phi) is 7.69. The van der Waals surface area contributed by atoms with Crippen molar-refractivity contribution in [2.45, 2.75) is 5.41 Å². The highest BCUT2D eigenvalue weighted by molar-refractivity contribution is 7.26. The molecule has 9 aromatic carbocycles. The van der Waals surface area contributed by atoms with Gasteiger partial charge in [0.1, 0.15) is 0 Å². The molecule has 0 saturated heterocycles. The van der Waals surface area contributed by atoms with Crippen molar-refractivity contribution in [3.05, 3.63) is 235 Å². The summed E-state index contributed by atoms with van der Waals surface area (Å²) in [6.45, 7) is 0. The summed E-state index contributed by atoms with van der Waals surface area (Å²) in [6.07, 6.45) is 0. The predicted octanol–water partition coefficient (Wildman–Crippen LogP) is 14.9. The molecular weight excluding hydrogens is 771 g/mol. The summed E-state index contributed by atoms with van der Waals surface area (Å²) in [4.78, 5) is 15.6. The van der Waals surface area contributed by atoms with Crippen LogP contribution in [-0.2, 0) is 5.41 Å². The molecular formula is C58H35N3S. The molecule has 0 amide bonds. The van der Waals surface area contributed by atoms with Crippen molar-refractivity contribution in [3.63, 3.8) is 0 Å². The van der Waals surface area contributed by atoms with Crippen molar-refractivity contribution < 1.29 is 0 Å².